The maximum atomic E-state index is 11.1. The average Bonchev–Trinajstić information content (AvgIpc) is 3.17. The first-order valence-corrected chi connectivity index (χ1v) is 8.67. The van der Waals surface area contributed by atoms with E-state index in [-0.39, 0.29) is 12.7 Å². The highest BCUT2D eigenvalue weighted by Crippen LogP contribution is 2.38. The summed E-state index contributed by atoms with van der Waals surface area (Å²) >= 11 is 0. The molecule has 3 aromatic carbocycles. The predicted octanol–water partition coefficient (Wildman–Crippen LogP) is 4.95. The second-order valence-corrected chi connectivity index (χ2v) is 6.26. The van der Waals surface area contributed by atoms with Crippen molar-refractivity contribution in [2.45, 2.75) is 12.0 Å². The standard InChI is InChI=1S/C23H20O3/c24-23(19-12-14-21-22(15-19)26-16-25-21)20(18-9-5-2-6-10-18)13-11-17-7-3-1-4-8-17/h1-15,20,23-24H,16H2/b13-11+. The molecule has 2 unspecified atom stereocenters. The summed E-state index contributed by atoms with van der Waals surface area (Å²) in [6.45, 7) is 0.227. The molecule has 0 saturated carbocycles. The molecule has 130 valence electrons. The molecule has 0 saturated heterocycles. The normalized spacial score (nSPS) is 15.1. The van der Waals surface area contributed by atoms with E-state index in [1.54, 1.807) is 0 Å². The third-order valence-corrected chi connectivity index (χ3v) is 4.56. The molecule has 3 heteroatoms. The van der Waals surface area contributed by atoms with E-state index in [0.29, 0.717) is 5.75 Å². The Labute approximate surface area is 153 Å². The summed E-state index contributed by atoms with van der Waals surface area (Å²) < 4.78 is 10.8. The minimum absolute atomic E-state index is 0.170. The average molecular weight is 344 g/mol. The Bertz CT molecular complexity index is 888. The summed E-state index contributed by atoms with van der Waals surface area (Å²) in [4.78, 5) is 0. The molecule has 3 nitrogen and oxygen atoms in total. The van der Waals surface area contributed by atoms with Gasteiger partial charge in [-0.15, -0.1) is 0 Å². The number of rotatable bonds is 5. The molecule has 26 heavy (non-hydrogen) atoms. The molecule has 0 fully saturated rings. The summed E-state index contributed by atoms with van der Waals surface area (Å²) in [5.41, 5.74) is 2.97. The van der Waals surface area contributed by atoms with Crippen molar-refractivity contribution >= 4 is 6.08 Å². The summed E-state index contributed by atoms with van der Waals surface area (Å²) in [7, 11) is 0. The van der Waals surface area contributed by atoms with Crippen LogP contribution in [0.4, 0.5) is 0 Å². The lowest BCUT2D eigenvalue weighted by Crippen LogP contribution is -2.09. The highest BCUT2D eigenvalue weighted by atomic mass is 16.7. The zero-order valence-electron chi connectivity index (χ0n) is 14.3. The fourth-order valence-corrected chi connectivity index (χ4v) is 3.16. The van der Waals surface area contributed by atoms with E-state index >= 15 is 0 Å². The summed E-state index contributed by atoms with van der Waals surface area (Å²) in [6, 6.07) is 25.7. The summed E-state index contributed by atoms with van der Waals surface area (Å²) in [6.07, 6.45) is 3.42. The zero-order chi connectivity index (χ0) is 17.8. The molecule has 0 spiro atoms. The van der Waals surface area contributed by atoms with Crippen LogP contribution in [0.25, 0.3) is 6.08 Å². The topological polar surface area (TPSA) is 38.7 Å². The molecule has 0 aliphatic carbocycles. The van der Waals surface area contributed by atoms with Gasteiger partial charge in [0.05, 0.1) is 6.10 Å². The first-order valence-electron chi connectivity index (χ1n) is 8.67. The number of hydrogen-bond donors (Lipinski definition) is 1. The van der Waals surface area contributed by atoms with Gasteiger partial charge in [-0.2, -0.15) is 0 Å². The van der Waals surface area contributed by atoms with Gasteiger partial charge in [-0.1, -0.05) is 78.9 Å². The minimum atomic E-state index is -0.688. The molecule has 1 N–H and O–H groups in total. The Balaban J connectivity index is 1.67. The van der Waals surface area contributed by atoms with E-state index in [2.05, 4.69) is 6.08 Å². The molecular weight excluding hydrogens is 324 g/mol. The van der Waals surface area contributed by atoms with Gasteiger partial charge in [-0.25, -0.2) is 0 Å². The Kier molecular flexibility index (Phi) is 4.71. The van der Waals surface area contributed by atoms with Gasteiger partial charge in [0.15, 0.2) is 11.5 Å². The molecule has 4 rings (SSSR count). The van der Waals surface area contributed by atoms with E-state index < -0.39 is 6.10 Å². The van der Waals surface area contributed by atoms with Crippen molar-refractivity contribution in [3.05, 3.63) is 102 Å². The van der Waals surface area contributed by atoms with Gasteiger partial charge in [0.1, 0.15) is 0 Å². The van der Waals surface area contributed by atoms with Crippen LogP contribution >= 0.6 is 0 Å². The van der Waals surface area contributed by atoms with Gasteiger partial charge in [-0.3, -0.25) is 0 Å². The molecule has 2 atom stereocenters. The monoisotopic (exact) mass is 344 g/mol. The largest absolute Gasteiger partial charge is 0.454 e. The molecule has 1 heterocycles. The number of fused-ring (bicyclic) bond motifs is 1. The lowest BCUT2D eigenvalue weighted by Gasteiger charge is -2.21. The van der Waals surface area contributed by atoms with Gasteiger partial charge in [0, 0.05) is 5.92 Å². The van der Waals surface area contributed by atoms with Crippen LogP contribution in [0.3, 0.4) is 0 Å². The van der Waals surface area contributed by atoms with Crippen LogP contribution in [0, 0.1) is 0 Å². The SMILES string of the molecule is OC(c1ccc2c(c1)OCO2)C(/C=C/c1ccccc1)c1ccccc1. The summed E-state index contributed by atoms with van der Waals surface area (Å²) in [5, 5.41) is 11.1. The number of benzene rings is 3. The molecule has 0 amide bonds. The maximum absolute atomic E-state index is 11.1. The van der Waals surface area contributed by atoms with E-state index in [1.807, 2.05) is 84.9 Å². The Morgan fingerprint density at radius 1 is 0.769 bits per heavy atom. The highest BCUT2D eigenvalue weighted by molar-refractivity contribution is 5.52. The van der Waals surface area contributed by atoms with E-state index in [4.69, 9.17) is 9.47 Å². The predicted molar refractivity (Wildman–Crippen MR) is 102 cm³/mol. The van der Waals surface area contributed by atoms with E-state index in [1.165, 1.54) is 0 Å². The van der Waals surface area contributed by atoms with Crippen LogP contribution in [0.15, 0.2) is 84.9 Å². The smallest absolute Gasteiger partial charge is 0.231 e. The second-order valence-electron chi connectivity index (χ2n) is 6.26. The second kappa shape index (κ2) is 7.46. The van der Waals surface area contributed by atoms with Crippen molar-refractivity contribution in [3.63, 3.8) is 0 Å². The number of ether oxygens (including phenoxy) is 2. The van der Waals surface area contributed by atoms with Crippen molar-refractivity contribution in [1.82, 2.24) is 0 Å². The first-order chi connectivity index (χ1) is 12.8. The van der Waals surface area contributed by atoms with Crippen molar-refractivity contribution in [3.8, 4) is 11.5 Å². The third-order valence-electron chi connectivity index (χ3n) is 4.56. The quantitative estimate of drug-likeness (QED) is 0.712. The van der Waals surface area contributed by atoms with E-state index in [0.717, 1.165) is 22.4 Å². The molecule has 3 aromatic rings. The molecular formula is C23H20O3. The molecule has 0 radical (unpaired) electrons. The number of aliphatic hydroxyl groups excluding tert-OH is 1. The maximum Gasteiger partial charge on any atom is 0.231 e. The van der Waals surface area contributed by atoms with Gasteiger partial charge in [-0.05, 0) is 28.8 Å². The molecule has 0 bridgehead atoms. The van der Waals surface area contributed by atoms with Crippen LogP contribution in [-0.2, 0) is 0 Å². The number of aliphatic hydroxyl groups is 1. The Hall–Kier alpha value is -3.04. The zero-order valence-corrected chi connectivity index (χ0v) is 14.3. The van der Waals surface area contributed by atoms with Gasteiger partial charge >= 0.3 is 0 Å². The number of hydrogen-bond acceptors (Lipinski definition) is 3. The fraction of sp³-hybridized carbons (Fsp3) is 0.130. The summed E-state index contributed by atoms with van der Waals surface area (Å²) in [5.74, 6) is 1.23. The fourth-order valence-electron chi connectivity index (χ4n) is 3.16. The van der Waals surface area contributed by atoms with E-state index in [9.17, 15) is 5.11 Å². The third kappa shape index (κ3) is 3.48. The highest BCUT2D eigenvalue weighted by Gasteiger charge is 2.23. The van der Waals surface area contributed by atoms with Gasteiger partial charge < -0.3 is 14.6 Å². The Morgan fingerprint density at radius 3 is 2.23 bits per heavy atom. The minimum Gasteiger partial charge on any atom is -0.454 e. The molecule has 0 aromatic heterocycles. The first kappa shape index (κ1) is 16.4. The van der Waals surface area contributed by atoms with Crippen LogP contribution in [0.2, 0.25) is 0 Å². The lowest BCUT2D eigenvalue weighted by molar-refractivity contribution is 0.160. The van der Waals surface area contributed by atoms with Crippen molar-refractivity contribution in [1.29, 1.82) is 0 Å². The van der Waals surface area contributed by atoms with Crippen LogP contribution in [-0.4, -0.2) is 11.9 Å². The Morgan fingerprint density at radius 2 is 1.46 bits per heavy atom. The van der Waals surface area contributed by atoms with Crippen molar-refractivity contribution in [2.24, 2.45) is 0 Å². The van der Waals surface area contributed by atoms with Gasteiger partial charge in [0.25, 0.3) is 0 Å². The molecule has 1 aliphatic rings. The van der Waals surface area contributed by atoms with Crippen molar-refractivity contribution < 1.29 is 14.6 Å². The lowest BCUT2D eigenvalue weighted by atomic mass is 9.88. The van der Waals surface area contributed by atoms with Crippen LogP contribution in [0.1, 0.15) is 28.7 Å². The molecule has 1 aliphatic heterocycles. The van der Waals surface area contributed by atoms with Gasteiger partial charge in [0.2, 0.25) is 6.79 Å². The van der Waals surface area contributed by atoms with Crippen molar-refractivity contribution in [2.75, 3.05) is 6.79 Å². The van der Waals surface area contributed by atoms with Crippen LogP contribution < -0.4 is 9.47 Å². The van der Waals surface area contributed by atoms with Crippen LogP contribution in [0.5, 0.6) is 11.5 Å².